The van der Waals surface area contributed by atoms with Gasteiger partial charge in [0.2, 0.25) is 0 Å². The first-order valence-electron chi connectivity index (χ1n) is 5.82. The lowest BCUT2D eigenvalue weighted by molar-refractivity contribution is 0.544. The average molecular weight is 258 g/mol. The summed E-state index contributed by atoms with van der Waals surface area (Å²) in [7, 11) is 2.04. The van der Waals surface area contributed by atoms with Crippen molar-refractivity contribution in [3.63, 3.8) is 0 Å². The van der Waals surface area contributed by atoms with E-state index >= 15 is 0 Å². The molecule has 0 aliphatic heterocycles. The van der Waals surface area contributed by atoms with Crippen molar-refractivity contribution in [2.45, 2.75) is 37.1 Å². The summed E-state index contributed by atoms with van der Waals surface area (Å²) in [6, 6.07) is 8.62. The monoisotopic (exact) mass is 257 g/mol. The zero-order valence-electron chi connectivity index (χ0n) is 10.0. The molecule has 0 heterocycles. The molecule has 0 aliphatic rings. The van der Waals surface area contributed by atoms with E-state index in [-0.39, 0.29) is 0 Å². The Bertz CT molecular complexity index is 304. The largest absolute Gasteiger partial charge is 0.316 e. The predicted molar refractivity (Wildman–Crippen MR) is 74.5 cm³/mol. The number of rotatable bonds is 7. The molecule has 0 aromatic heterocycles. The summed E-state index contributed by atoms with van der Waals surface area (Å²) in [5.41, 5.74) is 0. The number of thioether (sulfide) groups is 1. The molecule has 1 rings (SSSR count). The predicted octanol–water partition coefficient (Wildman–Crippen LogP) is 4.21. The third-order valence-electron chi connectivity index (χ3n) is 2.59. The second-order valence-corrected chi connectivity index (χ2v) is 5.34. The van der Waals surface area contributed by atoms with Crippen LogP contribution >= 0.6 is 23.4 Å². The van der Waals surface area contributed by atoms with Gasteiger partial charge >= 0.3 is 0 Å². The van der Waals surface area contributed by atoms with Crippen LogP contribution in [0.2, 0.25) is 5.02 Å². The normalized spacial score (nSPS) is 12.7. The lowest BCUT2D eigenvalue weighted by Gasteiger charge is -2.15. The molecule has 1 atom stereocenters. The highest BCUT2D eigenvalue weighted by Crippen LogP contribution is 2.27. The zero-order chi connectivity index (χ0) is 11.8. The van der Waals surface area contributed by atoms with Crippen LogP contribution in [0.3, 0.4) is 0 Å². The summed E-state index contributed by atoms with van der Waals surface area (Å²) >= 11 is 7.95. The van der Waals surface area contributed by atoms with Gasteiger partial charge in [0, 0.05) is 16.7 Å². The van der Waals surface area contributed by atoms with Gasteiger partial charge < -0.3 is 5.32 Å². The highest BCUT2D eigenvalue weighted by atomic mass is 35.5. The van der Waals surface area contributed by atoms with Gasteiger partial charge in [-0.05, 0) is 25.6 Å². The molecule has 0 bridgehead atoms. The molecular weight excluding hydrogens is 238 g/mol. The van der Waals surface area contributed by atoms with Crippen LogP contribution in [0.25, 0.3) is 0 Å². The maximum absolute atomic E-state index is 6.11. The molecule has 1 nitrogen and oxygen atoms in total. The number of hydrogen-bond acceptors (Lipinski definition) is 2. The third-order valence-corrected chi connectivity index (χ3v) is 4.27. The number of nitrogens with one attached hydrogen (secondary N) is 1. The minimum Gasteiger partial charge on any atom is -0.316 e. The lowest BCUT2D eigenvalue weighted by Crippen LogP contribution is -2.27. The van der Waals surface area contributed by atoms with Gasteiger partial charge in [-0.25, -0.2) is 0 Å². The fraction of sp³-hybridized carbons (Fsp3) is 0.538. The summed E-state index contributed by atoms with van der Waals surface area (Å²) in [5.74, 6) is 1.08. The Morgan fingerprint density at radius 3 is 2.75 bits per heavy atom. The molecule has 16 heavy (non-hydrogen) atoms. The molecule has 1 unspecified atom stereocenters. The Morgan fingerprint density at radius 1 is 1.38 bits per heavy atom. The summed E-state index contributed by atoms with van der Waals surface area (Å²) in [5, 5.41) is 4.22. The van der Waals surface area contributed by atoms with Gasteiger partial charge in [-0.1, -0.05) is 43.5 Å². The van der Waals surface area contributed by atoms with Gasteiger partial charge in [0.05, 0.1) is 5.02 Å². The van der Waals surface area contributed by atoms with Crippen molar-refractivity contribution in [3.8, 4) is 0 Å². The van der Waals surface area contributed by atoms with Crippen molar-refractivity contribution in [1.29, 1.82) is 0 Å². The first kappa shape index (κ1) is 13.9. The van der Waals surface area contributed by atoms with Crippen LogP contribution in [0.15, 0.2) is 29.2 Å². The quantitative estimate of drug-likeness (QED) is 0.735. The van der Waals surface area contributed by atoms with Crippen LogP contribution in [0, 0.1) is 0 Å². The van der Waals surface area contributed by atoms with E-state index < -0.39 is 0 Å². The van der Waals surface area contributed by atoms with E-state index in [1.807, 2.05) is 37.0 Å². The summed E-state index contributed by atoms with van der Waals surface area (Å²) in [6.07, 6.45) is 3.79. The van der Waals surface area contributed by atoms with Crippen LogP contribution in [0.4, 0.5) is 0 Å². The minimum atomic E-state index is 0.584. The summed E-state index contributed by atoms with van der Waals surface area (Å²) in [4.78, 5) is 1.18. The molecule has 0 spiro atoms. The van der Waals surface area contributed by atoms with Crippen molar-refractivity contribution >= 4 is 23.4 Å². The summed E-state index contributed by atoms with van der Waals surface area (Å²) in [6.45, 7) is 2.23. The van der Waals surface area contributed by atoms with E-state index in [1.54, 1.807) is 0 Å². The van der Waals surface area contributed by atoms with E-state index in [4.69, 9.17) is 11.6 Å². The fourth-order valence-corrected chi connectivity index (χ4v) is 2.91. The number of benzene rings is 1. The number of halogens is 1. The Hall–Kier alpha value is -0.180. The molecule has 0 amide bonds. The molecule has 3 heteroatoms. The van der Waals surface area contributed by atoms with E-state index in [2.05, 4.69) is 18.3 Å². The SMILES string of the molecule is CCCCC(CSc1ccccc1Cl)NC. The van der Waals surface area contributed by atoms with Crippen molar-refractivity contribution in [1.82, 2.24) is 5.32 Å². The third kappa shape index (κ3) is 4.77. The van der Waals surface area contributed by atoms with Gasteiger partial charge in [0.25, 0.3) is 0 Å². The molecule has 0 saturated carbocycles. The standard InChI is InChI=1S/C13H20ClNS/c1-3-4-7-11(15-2)10-16-13-9-6-5-8-12(13)14/h5-6,8-9,11,15H,3-4,7,10H2,1-2H3. The van der Waals surface area contributed by atoms with Gasteiger partial charge in [0.1, 0.15) is 0 Å². The first-order valence-corrected chi connectivity index (χ1v) is 7.18. The molecular formula is C13H20ClNS. The fourth-order valence-electron chi connectivity index (χ4n) is 1.51. The maximum atomic E-state index is 6.11. The van der Waals surface area contributed by atoms with Crippen molar-refractivity contribution in [2.75, 3.05) is 12.8 Å². The molecule has 90 valence electrons. The average Bonchev–Trinajstić information content (AvgIpc) is 2.31. The molecule has 1 aromatic rings. The van der Waals surface area contributed by atoms with E-state index in [9.17, 15) is 0 Å². The van der Waals surface area contributed by atoms with E-state index in [0.717, 1.165) is 10.8 Å². The van der Waals surface area contributed by atoms with Crippen LogP contribution < -0.4 is 5.32 Å². The second-order valence-electron chi connectivity index (χ2n) is 3.87. The molecule has 0 fully saturated rings. The molecule has 1 aromatic carbocycles. The maximum Gasteiger partial charge on any atom is 0.0541 e. The second kappa shape index (κ2) is 7.99. The molecule has 0 radical (unpaired) electrons. The van der Waals surface area contributed by atoms with Gasteiger partial charge in [-0.3, -0.25) is 0 Å². The van der Waals surface area contributed by atoms with Crippen molar-refractivity contribution in [3.05, 3.63) is 29.3 Å². The number of hydrogen-bond donors (Lipinski definition) is 1. The highest BCUT2D eigenvalue weighted by Gasteiger charge is 2.07. The summed E-state index contributed by atoms with van der Waals surface area (Å²) < 4.78 is 0. The first-order chi connectivity index (χ1) is 7.77. The van der Waals surface area contributed by atoms with Crippen LogP contribution in [-0.4, -0.2) is 18.8 Å². The topological polar surface area (TPSA) is 12.0 Å². The van der Waals surface area contributed by atoms with Gasteiger partial charge in [0.15, 0.2) is 0 Å². The van der Waals surface area contributed by atoms with Gasteiger partial charge in [-0.15, -0.1) is 11.8 Å². The lowest BCUT2D eigenvalue weighted by atomic mass is 10.1. The van der Waals surface area contributed by atoms with Crippen molar-refractivity contribution in [2.24, 2.45) is 0 Å². The Labute approximate surface area is 108 Å². The molecule has 0 aliphatic carbocycles. The van der Waals surface area contributed by atoms with Crippen LogP contribution in [-0.2, 0) is 0 Å². The molecule has 1 N–H and O–H groups in total. The minimum absolute atomic E-state index is 0.584. The Balaban J connectivity index is 2.40. The van der Waals surface area contributed by atoms with Crippen LogP contribution in [0.5, 0.6) is 0 Å². The van der Waals surface area contributed by atoms with E-state index in [0.29, 0.717) is 6.04 Å². The van der Waals surface area contributed by atoms with Gasteiger partial charge in [-0.2, -0.15) is 0 Å². The Kier molecular flexibility index (Phi) is 6.93. The smallest absolute Gasteiger partial charge is 0.0541 e. The zero-order valence-corrected chi connectivity index (χ0v) is 11.6. The highest BCUT2D eigenvalue weighted by molar-refractivity contribution is 7.99. The van der Waals surface area contributed by atoms with Crippen molar-refractivity contribution < 1.29 is 0 Å². The molecule has 0 saturated heterocycles. The van der Waals surface area contributed by atoms with Crippen LogP contribution in [0.1, 0.15) is 26.2 Å². The number of unbranched alkanes of at least 4 members (excludes halogenated alkanes) is 1. The van der Waals surface area contributed by atoms with E-state index in [1.165, 1.54) is 24.2 Å². The Morgan fingerprint density at radius 2 is 2.12 bits per heavy atom.